The zero-order valence-corrected chi connectivity index (χ0v) is 14.6. The number of thioether (sulfide) groups is 2. The quantitative estimate of drug-likeness (QED) is 0.551. The first kappa shape index (κ1) is 17.1. The average Bonchev–Trinajstić information content (AvgIpc) is 2.99. The minimum absolute atomic E-state index is 0.0263. The zero-order valence-electron chi connectivity index (χ0n) is 12.2. The number of amides is 1. The normalized spacial score (nSPS) is 10.4. The predicted molar refractivity (Wildman–Crippen MR) is 92.0 cm³/mol. The summed E-state index contributed by atoms with van der Waals surface area (Å²) in [5.41, 5.74) is 0. The highest BCUT2D eigenvalue weighted by atomic mass is 32.2. The standard InChI is InChI=1S/C14H17N3O2S3/c1-2-20-13-16-17-14(22-13)21-10-12(18)15-8-9-19-11-6-4-3-5-7-11/h3-7H,2,8-10H2,1H3,(H,15,18). The largest absolute Gasteiger partial charge is 0.492 e. The molecule has 0 bridgehead atoms. The second-order valence-corrected chi connectivity index (χ2v) is 7.78. The van der Waals surface area contributed by atoms with Crippen LogP contribution in [0, 0.1) is 0 Å². The van der Waals surface area contributed by atoms with E-state index in [2.05, 4.69) is 22.4 Å². The van der Waals surface area contributed by atoms with E-state index in [1.165, 1.54) is 23.1 Å². The maximum Gasteiger partial charge on any atom is 0.230 e. The molecule has 118 valence electrons. The third-order valence-corrected chi connectivity index (χ3v) is 5.49. The van der Waals surface area contributed by atoms with Gasteiger partial charge < -0.3 is 10.1 Å². The van der Waals surface area contributed by atoms with E-state index in [9.17, 15) is 4.79 Å². The van der Waals surface area contributed by atoms with Gasteiger partial charge >= 0.3 is 0 Å². The molecule has 2 rings (SSSR count). The maximum atomic E-state index is 11.7. The van der Waals surface area contributed by atoms with Gasteiger partial charge in [0.1, 0.15) is 12.4 Å². The van der Waals surface area contributed by atoms with Crippen LogP contribution >= 0.6 is 34.9 Å². The summed E-state index contributed by atoms with van der Waals surface area (Å²) in [6.07, 6.45) is 0. The number of carbonyl (C=O) groups is 1. The van der Waals surface area contributed by atoms with Crippen LogP contribution in [0.3, 0.4) is 0 Å². The molecule has 0 fully saturated rings. The Morgan fingerprint density at radius 1 is 1.23 bits per heavy atom. The van der Waals surface area contributed by atoms with Crippen molar-refractivity contribution in [1.29, 1.82) is 0 Å². The minimum atomic E-state index is -0.0263. The minimum Gasteiger partial charge on any atom is -0.492 e. The van der Waals surface area contributed by atoms with Crippen molar-refractivity contribution in [3.63, 3.8) is 0 Å². The first-order valence-corrected chi connectivity index (χ1v) is 9.60. The van der Waals surface area contributed by atoms with Crippen molar-refractivity contribution in [2.45, 2.75) is 15.6 Å². The summed E-state index contributed by atoms with van der Waals surface area (Å²) in [6, 6.07) is 9.54. The molecule has 0 spiro atoms. The SMILES string of the molecule is CCSc1nnc(SCC(=O)NCCOc2ccccc2)s1. The molecule has 8 heteroatoms. The van der Waals surface area contributed by atoms with Crippen LogP contribution in [0.2, 0.25) is 0 Å². The van der Waals surface area contributed by atoms with Gasteiger partial charge in [0, 0.05) is 0 Å². The monoisotopic (exact) mass is 355 g/mol. The molecule has 0 radical (unpaired) electrons. The lowest BCUT2D eigenvalue weighted by Crippen LogP contribution is -2.29. The number of rotatable bonds is 9. The highest BCUT2D eigenvalue weighted by Crippen LogP contribution is 2.28. The van der Waals surface area contributed by atoms with Crippen molar-refractivity contribution in [3.05, 3.63) is 30.3 Å². The molecule has 0 unspecified atom stereocenters. The molecule has 0 saturated carbocycles. The summed E-state index contributed by atoms with van der Waals surface area (Å²) < 4.78 is 7.28. The lowest BCUT2D eigenvalue weighted by atomic mass is 10.3. The fourth-order valence-electron chi connectivity index (χ4n) is 1.49. The molecule has 2 aromatic rings. The van der Waals surface area contributed by atoms with E-state index in [-0.39, 0.29) is 5.91 Å². The van der Waals surface area contributed by atoms with E-state index in [0.29, 0.717) is 18.9 Å². The molecule has 0 aliphatic carbocycles. The van der Waals surface area contributed by atoms with Crippen LogP contribution in [0.1, 0.15) is 6.92 Å². The Morgan fingerprint density at radius 2 is 1.95 bits per heavy atom. The van der Waals surface area contributed by atoms with Crippen LogP contribution in [0.25, 0.3) is 0 Å². The number of para-hydroxylation sites is 1. The average molecular weight is 356 g/mol. The van der Waals surface area contributed by atoms with Gasteiger partial charge in [-0.25, -0.2) is 0 Å². The van der Waals surface area contributed by atoms with Gasteiger partial charge in [-0.2, -0.15) is 0 Å². The van der Waals surface area contributed by atoms with Crippen LogP contribution < -0.4 is 10.1 Å². The molecule has 1 amide bonds. The highest BCUT2D eigenvalue weighted by Gasteiger charge is 2.07. The van der Waals surface area contributed by atoms with Gasteiger partial charge in [0.25, 0.3) is 0 Å². The van der Waals surface area contributed by atoms with Gasteiger partial charge in [-0.15, -0.1) is 10.2 Å². The van der Waals surface area contributed by atoms with E-state index >= 15 is 0 Å². The molecule has 1 heterocycles. The molecular weight excluding hydrogens is 338 g/mol. The molecule has 1 aromatic carbocycles. The van der Waals surface area contributed by atoms with Gasteiger partial charge in [-0.3, -0.25) is 4.79 Å². The summed E-state index contributed by atoms with van der Waals surface area (Å²) >= 11 is 4.59. The van der Waals surface area contributed by atoms with Gasteiger partial charge in [0.05, 0.1) is 12.3 Å². The van der Waals surface area contributed by atoms with Crippen LogP contribution in [-0.2, 0) is 4.79 Å². The number of benzene rings is 1. The van der Waals surface area contributed by atoms with E-state index < -0.39 is 0 Å². The molecule has 5 nitrogen and oxygen atoms in total. The molecule has 1 aromatic heterocycles. The molecule has 1 N–H and O–H groups in total. The number of hydrogen-bond acceptors (Lipinski definition) is 7. The number of nitrogens with one attached hydrogen (secondary N) is 1. The van der Waals surface area contributed by atoms with E-state index in [4.69, 9.17) is 4.74 Å². The van der Waals surface area contributed by atoms with E-state index in [1.807, 2.05) is 30.3 Å². The molecule has 0 atom stereocenters. The van der Waals surface area contributed by atoms with E-state index in [1.54, 1.807) is 11.8 Å². The number of aromatic nitrogens is 2. The third-order valence-electron chi connectivity index (χ3n) is 2.42. The Labute approximate surface area is 142 Å². The second-order valence-electron chi connectivity index (χ2n) is 4.07. The lowest BCUT2D eigenvalue weighted by Gasteiger charge is -2.06. The number of ether oxygens (including phenoxy) is 1. The van der Waals surface area contributed by atoms with Crippen molar-refractivity contribution < 1.29 is 9.53 Å². The molecule has 0 aliphatic rings. The molecule has 22 heavy (non-hydrogen) atoms. The molecule has 0 aliphatic heterocycles. The number of carbonyl (C=O) groups excluding carboxylic acids is 1. The summed E-state index contributed by atoms with van der Waals surface area (Å²) in [5.74, 6) is 2.10. The van der Waals surface area contributed by atoms with Gasteiger partial charge in [-0.1, -0.05) is 60.0 Å². The first-order valence-electron chi connectivity index (χ1n) is 6.81. The topological polar surface area (TPSA) is 64.1 Å². The van der Waals surface area contributed by atoms with Crippen LogP contribution in [0.15, 0.2) is 39.0 Å². The van der Waals surface area contributed by atoms with E-state index in [0.717, 1.165) is 20.2 Å². The Bertz CT molecular complexity index is 578. The number of nitrogens with zero attached hydrogens (tertiary/aromatic N) is 2. The molecular formula is C14H17N3O2S3. The zero-order chi connectivity index (χ0) is 15.6. The maximum absolute atomic E-state index is 11.7. The lowest BCUT2D eigenvalue weighted by molar-refractivity contribution is -0.118. The predicted octanol–water partition coefficient (Wildman–Crippen LogP) is 2.94. The van der Waals surface area contributed by atoms with Gasteiger partial charge in [0.15, 0.2) is 8.68 Å². The Balaban J connectivity index is 1.59. The Morgan fingerprint density at radius 3 is 2.68 bits per heavy atom. The number of hydrogen-bond donors (Lipinski definition) is 1. The summed E-state index contributed by atoms with van der Waals surface area (Å²) in [5, 5.41) is 10.9. The Hall–Kier alpha value is -1.25. The third kappa shape index (κ3) is 6.25. The Kier molecular flexibility index (Phi) is 7.55. The summed E-state index contributed by atoms with van der Waals surface area (Å²) in [6.45, 7) is 3.02. The fraction of sp³-hybridized carbons (Fsp3) is 0.357. The van der Waals surface area contributed by atoms with Crippen molar-refractivity contribution in [1.82, 2.24) is 15.5 Å². The first-order chi connectivity index (χ1) is 10.8. The fourth-order valence-corrected chi connectivity index (χ4v) is 4.24. The van der Waals surface area contributed by atoms with Crippen molar-refractivity contribution in [2.75, 3.05) is 24.7 Å². The van der Waals surface area contributed by atoms with Crippen molar-refractivity contribution >= 4 is 40.8 Å². The van der Waals surface area contributed by atoms with Crippen molar-refractivity contribution in [3.8, 4) is 5.75 Å². The van der Waals surface area contributed by atoms with Gasteiger partial charge in [0.2, 0.25) is 5.91 Å². The summed E-state index contributed by atoms with van der Waals surface area (Å²) in [7, 11) is 0. The summed E-state index contributed by atoms with van der Waals surface area (Å²) in [4.78, 5) is 11.7. The van der Waals surface area contributed by atoms with Crippen LogP contribution in [-0.4, -0.2) is 40.8 Å². The molecule has 0 saturated heterocycles. The van der Waals surface area contributed by atoms with Crippen LogP contribution in [0.5, 0.6) is 5.75 Å². The van der Waals surface area contributed by atoms with Crippen molar-refractivity contribution in [2.24, 2.45) is 0 Å². The van der Waals surface area contributed by atoms with Gasteiger partial charge in [-0.05, 0) is 17.9 Å². The second kappa shape index (κ2) is 9.70. The smallest absolute Gasteiger partial charge is 0.230 e. The van der Waals surface area contributed by atoms with Crippen LogP contribution in [0.4, 0.5) is 0 Å². The highest BCUT2D eigenvalue weighted by molar-refractivity contribution is 8.03.